The first-order chi connectivity index (χ1) is 6.95. The summed E-state index contributed by atoms with van der Waals surface area (Å²) in [5.41, 5.74) is 0.455. The number of carbonyl (C=O) groups is 3. The molecule has 1 fully saturated rings. The van der Waals surface area contributed by atoms with Crippen LogP contribution >= 0.6 is 0 Å². The molecule has 0 amide bonds. The number of ketones is 3. The predicted molar refractivity (Wildman–Crippen MR) is 56.3 cm³/mol. The maximum atomic E-state index is 11.4. The van der Waals surface area contributed by atoms with Crippen LogP contribution in [0.3, 0.4) is 0 Å². The largest absolute Gasteiger partial charge is 0.299 e. The lowest BCUT2D eigenvalue weighted by Gasteiger charge is -2.28. The standard InChI is InChI=1S/C12H16O3/c1-7-10(5-4-6-11(7)15)12(8(2)13)9(3)14/h10,12H,1,4-6H2,2-3H3. The van der Waals surface area contributed by atoms with Gasteiger partial charge in [-0.15, -0.1) is 0 Å². The summed E-state index contributed by atoms with van der Waals surface area (Å²) in [7, 11) is 0. The van der Waals surface area contributed by atoms with Crippen LogP contribution in [-0.4, -0.2) is 17.3 Å². The minimum Gasteiger partial charge on any atom is -0.299 e. The van der Waals surface area contributed by atoms with Crippen molar-refractivity contribution >= 4 is 17.3 Å². The van der Waals surface area contributed by atoms with Gasteiger partial charge in [-0.25, -0.2) is 0 Å². The fourth-order valence-corrected chi connectivity index (χ4v) is 2.24. The van der Waals surface area contributed by atoms with Crippen LogP contribution < -0.4 is 0 Å². The lowest BCUT2D eigenvalue weighted by molar-refractivity contribution is -0.132. The Morgan fingerprint density at radius 2 is 1.87 bits per heavy atom. The van der Waals surface area contributed by atoms with Crippen LogP contribution in [0.1, 0.15) is 33.1 Å². The van der Waals surface area contributed by atoms with Crippen LogP contribution in [0, 0.1) is 11.8 Å². The van der Waals surface area contributed by atoms with E-state index < -0.39 is 5.92 Å². The summed E-state index contributed by atoms with van der Waals surface area (Å²) >= 11 is 0. The molecule has 0 aliphatic heterocycles. The van der Waals surface area contributed by atoms with Crippen molar-refractivity contribution in [2.24, 2.45) is 11.8 Å². The molecular formula is C12H16O3. The van der Waals surface area contributed by atoms with Gasteiger partial charge in [0.25, 0.3) is 0 Å². The highest BCUT2D eigenvalue weighted by atomic mass is 16.2. The van der Waals surface area contributed by atoms with Crippen LogP contribution in [0.2, 0.25) is 0 Å². The van der Waals surface area contributed by atoms with Gasteiger partial charge in [-0.2, -0.15) is 0 Å². The van der Waals surface area contributed by atoms with Crippen LogP contribution in [0.25, 0.3) is 0 Å². The van der Waals surface area contributed by atoms with E-state index in [1.54, 1.807) is 0 Å². The summed E-state index contributed by atoms with van der Waals surface area (Å²) < 4.78 is 0. The molecule has 1 atom stereocenters. The summed E-state index contributed by atoms with van der Waals surface area (Å²) in [6.45, 7) is 6.51. The van der Waals surface area contributed by atoms with Crippen LogP contribution in [0.5, 0.6) is 0 Å². The molecule has 3 nitrogen and oxygen atoms in total. The van der Waals surface area contributed by atoms with Gasteiger partial charge in [0.1, 0.15) is 11.6 Å². The molecule has 0 spiro atoms. The molecule has 0 aromatic carbocycles. The summed E-state index contributed by atoms with van der Waals surface area (Å²) in [5.74, 6) is -1.26. The molecule has 0 bridgehead atoms. The molecule has 82 valence electrons. The molecule has 1 unspecified atom stereocenters. The monoisotopic (exact) mass is 208 g/mol. The van der Waals surface area contributed by atoms with Gasteiger partial charge >= 0.3 is 0 Å². The molecule has 0 radical (unpaired) electrons. The van der Waals surface area contributed by atoms with Gasteiger partial charge in [0.05, 0.1) is 5.92 Å². The van der Waals surface area contributed by atoms with Gasteiger partial charge in [-0.3, -0.25) is 14.4 Å². The number of carbonyl (C=O) groups excluding carboxylic acids is 3. The zero-order valence-electron chi connectivity index (χ0n) is 9.21. The van der Waals surface area contributed by atoms with Crippen molar-refractivity contribution < 1.29 is 14.4 Å². The zero-order chi connectivity index (χ0) is 11.6. The van der Waals surface area contributed by atoms with Crippen molar-refractivity contribution in [1.82, 2.24) is 0 Å². The van der Waals surface area contributed by atoms with Gasteiger partial charge in [0.2, 0.25) is 0 Å². The average molecular weight is 208 g/mol. The Labute approximate surface area is 89.5 Å². The quantitative estimate of drug-likeness (QED) is 0.524. The minimum atomic E-state index is -0.665. The van der Waals surface area contributed by atoms with E-state index in [9.17, 15) is 14.4 Å². The fourth-order valence-electron chi connectivity index (χ4n) is 2.24. The lowest BCUT2D eigenvalue weighted by Crippen LogP contribution is -2.33. The van der Waals surface area contributed by atoms with Crippen molar-refractivity contribution in [2.45, 2.75) is 33.1 Å². The molecule has 15 heavy (non-hydrogen) atoms. The SMILES string of the molecule is C=C1C(=O)CCCC1C(C(C)=O)C(C)=O. The second kappa shape index (κ2) is 4.51. The molecule has 1 saturated carbocycles. The second-order valence-electron chi connectivity index (χ2n) is 4.15. The Kier molecular flexibility index (Phi) is 3.56. The minimum absolute atomic E-state index is 0.00116. The highest BCUT2D eigenvalue weighted by Crippen LogP contribution is 2.32. The molecule has 0 heterocycles. The van der Waals surface area contributed by atoms with E-state index >= 15 is 0 Å². The van der Waals surface area contributed by atoms with Gasteiger partial charge in [-0.05, 0) is 32.3 Å². The third-order valence-corrected chi connectivity index (χ3v) is 3.00. The fraction of sp³-hybridized carbons (Fsp3) is 0.583. The molecule has 1 rings (SSSR count). The molecule has 1 aliphatic carbocycles. The highest BCUT2D eigenvalue weighted by Gasteiger charge is 2.35. The van der Waals surface area contributed by atoms with E-state index in [0.29, 0.717) is 18.4 Å². The number of rotatable bonds is 3. The third kappa shape index (κ3) is 2.41. The topological polar surface area (TPSA) is 51.2 Å². The van der Waals surface area contributed by atoms with Crippen molar-refractivity contribution in [2.75, 3.05) is 0 Å². The van der Waals surface area contributed by atoms with Crippen molar-refractivity contribution in [3.63, 3.8) is 0 Å². The van der Waals surface area contributed by atoms with Crippen molar-refractivity contribution in [3.8, 4) is 0 Å². The Balaban J connectivity index is 2.92. The Bertz CT molecular complexity index is 314. The van der Waals surface area contributed by atoms with Gasteiger partial charge < -0.3 is 0 Å². The average Bonchev–Trinajstić information content (AvgIpc) is 2.11. The van der Waals surface area contributed by atoms with Crippen LogP contribution in [0.15, 0.2) is 12.2 Å². The van der Waals surface area contributed by atoms with E-state index in [-0.39, 0.29) is 23.3 Å². The number of allylic oxidation sites excluding steroid dienone is 1. The first-order valence-electron chi connectivity index (χ1n) is 5.18. The maximum Gasteiger partial charge on any atom is 0.158 e. The number of hydrogen-bond donors (Lipinski definition) is 0. The normalized spacial score (nSPS) is 21.9. The molecule has 0 aromatic heterocycles. The lowest BCUT2D eigenvalue weighted by atomic mass is 9.73. The van der Waals surface area contributed by atoms with Gasteiger partial charge in [0, 0.05) is 12.3 Å². The van der Waals surface area contributed by atoms with E-state index in [2.05, 4.69) is 6.58 Å². The van der Waals surface area contributed by atoms with Crippen LogP contribution in [0.4, 0.5) is 0 Å². The van der Waals surface area contributed by atoms with Crippen molar-refractivity contribution in [3.05, 3.63) is 12.2 Å². The predicted octanol–water partition coefficient (Wildman–Crippen LogP) is 1.71. The summed E-state index contributed by atoms with van der Waals surface area (Å²) in [6, 6.07) is 0. The van der Waals surface area contributed by atoms with E-state index in [4.69, 9.17) is 0 Å². The second-order valence-corrected chi connectivity index (χ2v) is 4.15. The third-order valence-electron chi connectivity index (χ3n) is 3.00. The van der Waals surface area contributed by atoms with Crippen molar-refractivity contribution in [1.29, 1.82) is 0 Å². The molecule has 3 heteroatoms. The number of hydrogen-bond acceptors (Lipinski definition) is 3. The van der Waals surface area contributed by atoms with E-state index in [1.165, 1.54) is 13.8 Å². The Morgan fingerprint density at radius 1 is 1.33 bits per heavy atom. The molecule has 0 saturated heterocycles. The summed E-state index contributed by atoms with van der Waals surface area (Å²) in [6.07, 6.45) is 1.96. The maximum absolute atomic E-state index is 11.4. The smallest absolute Gasteiger partial charge is 0.158 e. The van der Waals surface area contributed by atoms with Gasteiger partial charge in [0.15, 0.2) is 5.78 Å². The zero-order valence-corrected chi connectivity index (χ0v) is 9.21. The van der Waals surface area contributed by atoms with E-state index in [1.807, 2.05) is 0 Å². The van der Waals surface area contributed by atoms with Gasteiger partial charge in [-0.1, -0.05) is 6.58 Å². The molecule has 0 N–H and O–H groups in total. The molecular weight excluding hydrogens is 192 g/mol. The van der Waals surface area contributed by atoms with Crippen LogP contribution in [-0.2, 0) is 14.4 Å². The Hall–Kier alpha value is -1.25. The molecule has 1 aliphatic rings. The first kappa shape index (κ1) is 11.8. The summed E-state index contributed by atoms with van der Waals surface area (Å²) in [4.78, 5) is 34.2. The number of Topliss-reactive ketones (excluding diaryl/α,β-unsaturated/α-hetero) is 3. The molecule has 0 aromatic rings. The first-order valence-corrected chi connectivity index (χ1v) is 5.18. The summed E-state index contributed by atoms with van der Waals surface area (Å²) in [5, 5.41) is 0. The highest BCUT2D eigenvalue weighted by molar-refractivity contribution is 6.04. The Morgan fingerprint density at radius 3 is 2.33 bits per heavy atom. The van der Waals surface area contributed by atoms with E-state index in [0.717, 1.165) is 6.42 Å².